The van der Waals surface area contributed by atoms with Crippen LogP contribution >= 0.6 is 11.6 Å². The van der Waals surface area contributed by atoms with Crippen LogP contribution in [0.25, 0.3) is 0 Å². The Bertz CT molecular complexity index is 875. The molecule has 2 aromatic rings. The third-order valence-electron chi connectivity index (χ3n) is 4.82. The third kappa shape index (κ3) is 8.19. The van der Waals surface area contributed by atoms with Crippen LogP contribution in [-0.4, -0.2) is 49.5 Å². The highest BCUT2D eigenvalue weighted by molar-refractivity contribution is 6.33. The molecule has 168 valence electrons. The molecule has 0 aliphatic rings. The van der Waals surface area contributed by atoms with E-state index in [1.807, 2.05) is 24.3 Å². The van der Waals surface area contributed by atoms with Gasteiger partial charge in [0.05, 0.1) is 10.6 Å². The normalized spacial score (nSPS) is 10.7. The van der Waals surface area contributed by atoms with E-state index in [0.717, 1.165) is 43.1 Å². The van der Waals surface area contributed by atoms with Crippen LogP contribution in [0.5, 0.6) is 5.75 Å². The van der Waals surface area contributed by atoms with Gasteiger partial charge < -0.3 is 20.3 Å². The molecule has 2 amide bonds. The maximum Gasteiger partial charge on any atom is 0.252 e. The molecule has 8 heteroatoms. The zero-order valence-corrected chi connectivity index (χ0v) is 18.7. The molecule has 2 aromatic carbocycles. The second-order valence-electron chi connectivity index (χ2n) is 6.89. The zero-order chi connectivity index (χ0) is 22.6. The fraction of sp³-hybridized carbons (Fsp3) is 0.391. The van der Waals surface area contributed by atoms with Gasteiger partial charge in [-0.25, -0.2) is 4.39 Å². The van der Waals surface area contributed by atoms with E-state index in [1.54, 1.807) is 0 Å². The highest BCUT2D eigenvalue weighted by Gasteiger charge is 2.12. The second kappa shape index (κ2) is 12.9. The van der Waals surface area contributed by atoms with E-state index in [4.69, 9.17) is 16.3 Å². The molecule has 6 nitrogen and oxygen atoms in total. The van der Waals surface area contributed by atoms with Crippen LogP contribution < -0.4 is 15.4 Å². The van der Waals surface area contributed by atoms with Crippen molar-refractivity contribution in [1.29, 1.82) is 0 Å². The molecule has 2 rings (SSSR count). The van der Waals surface area contributed by atoms with Crippen LogP contribution in [0.15, 0.2) is 42.5 Å². The average Bonchev–Trinajstić information content (AvgIpc) is 2.76. The smallest absolute Gasteiger partial charge is 0.252 e. The lowest BCUT2D eigenvalue weighted by Gasteiger charge is -2.19. The fourth-order valence-corrected chi connectivity index (χ4v) is 3.21. The Morgan fingerprint density at radius 3 is 2.55 bits per heavy atom. The molecular formula is C23H29ClFN3O3. The highest BCUT2D eigenvalue weighted by atomic mass is 35.5. The Kier molecular flexibility index (Phi) is 10.3. The summed E-state index contributed by atoms with van der Waals surface area (Å²) in [7, 11) is 0. The standard InChI is InChI=1S/C23H29ClFN3O3/c1-3-28(4-2)13-14-31-21-8-6-5-7-17(21)16-27-22(29)11-12-26-23(30)19-10-9-18(25)15-20(19)24/h5-10,15H,3-4,11-14,16H2,1-2H3,(H,26,30)(H,27,29). The summed E-state index contributed by atoms with van der Waals surface area (Å²) in [6, 6.07) is 11.1. The van der Waals surface area contributed by atoms with Gasteiger partial charge in [-0.15, -0.1) is 0 Å². The van der Waals surface area contributed by atoms with E-state index >= 15 is 0 Å². The monoisotopic (exact) mass is 449 g/mol. The highest BCUT2D eigenvalue weighted by Crippen LogP contribution is 2.18. The molecule has 0 aliphatic heterocycles. The van der Waals surface area contributed by atoms with E-state index in [9.17, 15) is 14.0 Å². The molecule has 31 heavy (non-hydrogen) atoms. The number of carbonyl (C=O) groups is 2. The number of hydrogen-bond donors (Lipinski definition) is 2. The lowest BCUT2D eigenvalue weighted by atomic mass is 10.2. The number of nitrogens with zero attached hydrogens (tertiary/aromatic N) is 1. The Balaban J connectivity index is 1.76. The van der Waals surface area contributed by atoms with Gasteiger partial charge in [-0.2, -0.15) is 0 Å². The lowest BCUT2D eigenvalue weighted by molar-refractivity contribution is -0.121. The topological polar surface area (TPSA) is 70.7 Å². The molecule has 0 unspecified atom stereocenters. The van der Waals surface area contributed by atoms with Crippen LogP contribution in [0.2, 0.25) is 5.02 Å². The molecule has 0 aromatic heterocycles. The largest absolute Gasteiger partial charge is 0.492 e. The number of halogens is 2. The second-order valence-corrected chi connectivity index (χ2v) is 7.30. The van der Waals surface area contributed by atoms with Crippen LogP contribution in [0.4, 0.5) is 4.39 Å². The Hall–Kier alpha value is -2.64. The predicted octanol–water partition coefficient (Wildman–Crippen LogP) is 3.64. The van der Waals surface area contributed by atoms with Gasteiger partial charge >= 0.3 is 0 Å². The molecule has 0 aliphatic carbocycles. The van der Waals surface area contributed by atoms with Gasteiger partial charge in [0.25, 0.3) is 5.91 Å². The summed E-state index contributed by atoms with van der Waals surface area (Å²) in [5.41, 5.74) is 1.05. The number of benzene rings is 2. The van der Waals surface area contributed by atoms with Gasteiger partial charge in [0, 0.05) is 31.6 Å². The molecule has 0 bridgehead atoms. The van der Waals surface area contributed by atoms with E-state index in [2.05, 4.69) is 29.4 Å². The van der Waals surface area contributed by atoms with Crippen LogP contribution in [0.1, 0.15) is 36.2 Å². The Morgan fingerprint density at radius 1 is 1.10 bits per heavy atom. The van der Waals surface area contributed by atoms with E-state index in [1.165, 1.54) is 6.07 Å². The van der Waals surface area contributed by atoms with Crippen molar-refractivity contribution in [1.82, 2.24) is 15.5 Å². The number of para-hydroxylation sites is 1. The molecule has 0 atom stereocenters. The van der Waals surface area contributed by atoms with Gasteiger partial charge in [0.15, 0.2) is 0 Å². The minimum absolute atomic E-state index is 0.0274. The number of carbonyl (C=O) groups excluding carboxylic acids is 2. The quantitative estimate of drug-likeness (QED) is 0.519. The van der Waals surface area contributed by atoms with Crippen molar-refractivity contribution in [3.63, 3.8) is 0 Å². The zero-order valence-electron chi connectivity index (χ0n) is 17.9. The Morgan fingerprint density at radius 2 is 1.84 bits per heavy atom. The van der Waals surface area contributed by atoms with Crippen molar-refractivity contribution in [2.24, 2.45) is 0 Å². The van der Waals surface area contributed by atoms with E-state index < -0.39 is 11.7 Å². The first-order valence-corrected chi connectivity index (χ1v) is 10.7. The summed E-state index contributed by atoms with van der Waals surface area (Å²) in [6.45, 7) is 8.06. The first kappa shape index (κ1) is 24.6. The van der Waals surface area contributed by atoms with Crippen LogP contribution in [0.3, 0.4) is 0 Å². The van der Waals surface area contributed by atoms with E-state index in [0.29, 0.717) is 13.2 Å². The maximum atomic E-state index is 13.1. The van der Waals surface area contributed by atoms with Crippen molar-refractivity contribution in [3.05, 3.63) is 64.4 Å². The number of ether oxygens (including phenoxy) is 1. The van der Waals surface area contributed by atoms with E-state index in [-0.39, 0.29) is 29.5 Å². The van der Waals surface area contributed by atoms with Crippen molar-refractivity contribution in [3.8, 4) is 5.75 Å². The molecule has 2 N–H and O–H groups in total. The molecule has 0 saturated heterocycles. The summed E-state index contributed by atoms with van der Waals surface area (Å²) in [5, 5.41) is 5.48. The molecule has 0 radical (unpaired) electrons. The first-order chi connectivity index (χ1) is 14.9. The molecule has 0 spiro atoms. The summed E-state index contributed by atoms with van der Waals surface area (Å²) >= 11 is 5.87. The summed E-state index contributed by atoms with van der Waals surface area (Å²) in [4.78, 5) is 26.5. The molecule has 0 fully saturated rings. The minimum atomic E-state index is -0.516. The number of nitrogens with one attached hydrogen (secondary N) is 2. The third-order valence-corrected chi connectivity index (χ3v) is 5.13. The molecule has 0 saturated carbocycles. The van der Waals surface area contributed by atoms with Crippen LogP contribution in [-0.2, 0) is 11.3 Å². The summed E-state index contributed by atoms with van der Waals surface area (Å²) in [6.07, 6.45) is 0.107. The number of likely N-dealkylation sites (N-methyl/N-ethyl adjacent to an activating group) is 1. The van der Waals surface area contributed by atoms with Gasteiger partial charge in [-0.3, -0.25) is 9.59 Å². The predicted molar refractivity (Wildman–Crippen MR) is 120 cm³/mol. The summed E-state index contributed by atoms with van der Waals surface area (Å²) in [5.74, 6) is -0.430. The molecule has 0 heterocycles. The van der Waals surface area contributed by atoms with Crippen molar-refractivity contribution in [2.45, 2.75) is 26.8 Å². The van der Waals surface area contributed by atoms with Gasteiger partial charge in [0.2, 0.25) is 5.91 Å². The SMILES string of the molecule is CCN(CC)CCOc1ccccc1CNC(=O)CCNC(=O)c1ccc(F)cc1Cl. The van der Waals surface area contributed by atoms with Crippen molar-refractivity contribution >= 4 is 23.4 Å². The van der Waals surface area contributed by atoms with Gasteiger partial charge in [-0.05, 0) is 37.4 Å². The minimum Gasteiger partial charge on any atom is -0.492 e. The Labute approximate surface area is 187 Å². The summed E-state index contributed by atoms with van der Waals surface area (Å²) < 4.78 is 19.0. The molecular weight excluding hydrogens is 421 g/mol. The van der Waals surface area contributed by atoms with Crippen molar-refractivity contribution in [2.75, 3.05) is 32.8 Å². The van der Waals surface area contributed by atoms with Gasteiger partial charge in [0.1, 0.15) is 18.2 Å². The van der Waals surface area contributed by atoms with Crippen LogP contribution in [0, 0.1) is 5.82 Å². The van der Waals surface area contributed by atoms with Gasteiger partial charge in [-0.1, -0.05) is 43.6 Å². The lowest BCUT2D eigenvalue weighted by Crippen LogP contribution is -2.31. The number of hydrogen-bond acceptors (Lipinski definition) is 4. The number of amides is 2. The average molecular weight is 450 g/mol. The fourth-order valence-electron chi connectivity index (χ4n) is 2.96. The first-order valence-electron chi connectivity index (χ1n) is 10.4. The van der Waals surface area contributed by atoms with Crippen molar-refractivity contribution < 1.29 is 18.7 Å². The number of rotatable bonds is 12. The maximum absolute atomic E-state index is 13.1.